The molecule has 0 amide bonds. The second-order valence-electron chi connectivity index (χ2n) is 5.19. The number of hydrogen-bond donors (Lipinski definition) is 0. The topological polar surface area (TPSA) is 0 Å². The van der Waals surface area contributed by atoms with E-state index in [0.29, 0.717) is 5.41 Å². The van der Waals surface area contributed by atoms with Crippen molar-refractivity contribution >= 4 is 11.6 Å². The summed E-state index contributed by atoms with van der Waals surface area (Å²) in [5.74, 6) is 0.776. The van der Waals surface area contributed by atoms with Crippen LogP contribution in [0.2, 0.25) is 0 Å². The number of rotatable bonds is 7. The highest BCUT2D eigenvalue weighted by atomic mass is 35.5. The second-order valence-corrected chi connectivity index (χ2v) is 5.46. The molecule has 1 heteroatoms. The van der Waals surface area contributed by atoms with Crippen molar-refractivity contribution in [2.45, 2.75) is 52.9 Å². The standard InChI is InChI=1S/C16H25Cl/c1-4-6-11-16(5-2,13-17)12-15-10-8-7-9-14(15)3/h7-10H,4-6,11-13H2,1-3H3. The van der Waals surface area contributed by atoms with Crippen LogP contribution in [0, 0.1) is 12.3 Å². The van der Waals surface area contributed by atoms with Gasteiger partial charge in [0, 0.05) is 5.88 Å². The van der Waals surface area contributed by atoms with Crippen LogP contribution < -0.4 is 0 Å². The highest BCUT2D eigenvalue weighted by Gasteiger charge is 2.27. The first kappa shape index (κ1) is 14.6. The van der Waals surface area contributed by atoms with Crippen LogP contribution in [-0.4, -0.2) is 5.88 Å². The fourth-order valence-corrected chi connectivity index (χ4v) is 2.78. The molecule has 0 aliphatic heterocycles. The van der Waals surface area contributed by atoms with E-state index < -0.39 is 0 Å². The zero-order chi connectivity index (χ0) is 12.7. The van der Waals surface area contributed by atoms with Gasteiger partial charge in [-0.3, -0.25) is 0 Å². The third-order valence-corrected chi connectivity index (χ3v) is 4.49. The summed E-state index contributed by atoms with van der Waals surface area (Å²) in [5, 5.41) is 0. The predicted octanol–water partition coefficient (Wildman–Crippen LogP) is 5.36. The van der Waals surface area contributed by atoms with Crippen molar-refractivity contribution < 1.29 is 0 Å². The third kappa shape index (κ3) is 4.03. The average Bonchev–Trinajstić information content (AvgIpc) is 2.37. The van der Waals surface area contributed by atoms with Crippen LogP contribution in [-0.2, 0) is 6.42 Å². The molecule has 0 bridgehead atoms. The SMILES string of the molecule is CCCCC(CC)(CCl)Cc1ccccc1C. The van der Waals surface area contributed by atoms with E-state index in [4.69, 9.17) is 11.6 Å². The average molecular weight is 253 g/mol. The molecule has 0 aliphatic carbocycles. The summed E-state index contributed by atoms with van der Waals surface area (Å²) in [4.78, 5) is 0. The van der Waals surface area contributed by atoms with Crippen LogP contribution in [0.5, 0.6) is 0 Å². The molecular weight excluding hydrogens is 228 g/mol. The zero-order valence-electron chi connectivity index (χ0n) is 11.4. The van der Waals surface area contributed by atoms with Gasteiger partial charge in [0.25, 0.3) is 0 Å². The molecule has 1 atom stereocenters. The van der Waals surface area contributed by atoms with Crippen molar-refractivity contribution in [3.8, 4) is 0 Å². The zero-order valence-corrected chi connectivity index (χ0v) is 12.2. The van der Waals surface area contributed by atoms with Crippen molar-refractivity contribution in [1.82, 2.24) is 0 Å². The molecule has 17 heavy (non-hydrogen) atoms. The first-order valence-corrected chi connectivity index (χ1v) is 7.31. The van der Waals surface area contributed by atoms with Gasteiger partial charge in [-0.25, -0.2) is 0 Å². The van der Waals surface area contributed by atoms with E-state index in [9.17, 15) is 0 Å². The molecule has 0 heterocycles. The summed E-state index contributed by atoms with van der Waals surface area (Å²) in [6.45, 7) is 6.72. The van der Waals surface area contributed by atoms with Gasteiger partial charge in [0.05, 0.1) is 0 Å². The molecule has 0 N–H and O–H groups in total. The van der Waals surface area contributed by atoms with Crippen molar-refractivity contribution in [2.75, 3.05) is 5.88 Å². The Morgan fingerprint density at radius 2 is 1.88 bits per heavy atom. The lowest BCUT2D eigenvalue weighted by Crippen LogP contribution is -2.25. The Hall–Kier alpha value is -0.490. The van der Waals surface area contributed by atoms with Crippen LogP contribution in [0.25, 0.3) is 0 Å². The number of hydrogen-bond acceptors (Lipinski definition) is 0. The normalized spacial score (nSPS) is 14.6. The lowest BCUT2D eigenvalue weighted by Gasteiger charge is -2.31. The minimum absolute atomic E-state index is 0.295. The molecule has 0 radical (unpaired) electrons. The Labute approximate surface area is 111 Å². The summed E-state index contributed by atoms with van der Waals surface area (Å²) >= 11 is 6.26. The Morgan fingerprint density at radius 1 is 1.18 bits per heavy atom. The smallest absolute Gasteiger partial charge is 0.0283 e. The Bertz CT molecular complexity index is 326. The van der Waals surface area contributed by atoms with E-state index in [1.54, 1.807) is 0 Å². The Kier molecular flexibility index (Phi) is 6.05. The monoisotopic (exact) mass is 252 g/mol. The summed E-state index contributed by atoms with van der Waals surface area (Å²) in [6.07, 6.45) is 6.08. The largest absolute Gasteiger partial charge is 0.126 e. The molecular formula is C16H25Cl. The molecule has 0 saturated heterocycles. The molecule has 96 valence electrons. The molecule has 1 rings (SSSR count). The van der Waals surface area contributed by atoms with Gasteiger partial charge in [-0.15, -0.1) is 11.6 Å². The molecule has 0 nitrogen and oxygen atoms in total. The lowest BCUT2D eigenvalue weighted by atomic mass is 9.76. The number of benzene rings is 1. The van der Waals surface area contributed by atoms with Crippen LogP contribution in [0.15, 0.2) is 24.3 Å². The first-order valence-electron chi connectivity index (χ1n) is 6.78. The van der Waals surface area contributed by atoms with Crippen molar-refractivity contribution in [1.29, 1.82) is 0 Å². The summed E-state index contributed by atoms with van der Waals surface area (Å²) in [6, 6.07) is 8.69. The molecule has 1 unspecified atom stereocenters. The lowest BCUT2D eigenvalue weighted by molar-refractivity contribution is 0.278. The fraction of sp³-hybridized carbons (Fsp3) is 0.625. The number of halogens is 1. The molecule has 0 saturated carbocycles. The minimum atomic E-state index is 0.295. The van der Waals surface area contributed by atoms with Crippen LogP contribution in [0.4, 0.5) is 0 Å². The highest BCUT2D eigenvalue weighted by molar-refractivity contribution is 6.18. The van der Waals surface area contributed by atoms with Gasteiger partial charge in [0.15, 0.2) is 0 Å². The molecule has 0 spiro atoms. The van der Waals surface area contributed by atoms with Gasteiger partial charge in [-0.2, -0.15) is 0 Å². The molecule has 0 aromatic heterocycles. The molecule has 1 aromatic rings. The van der Waals surface area contributed by atoms with E-state index in [2.05, 4.69) is 45.0 Å². The van der Waals surface area contributed by atoms with Crippen LogP contribution >= 0.6 is 11.6 Å². The fourth-order valence-electron chi connectivity index (χ4n) is 2.36. The Balaban J connectivity index is 2.82. The Morgan fingerprint density at radius 3 is 2.41 bits per heavy atom. The minimum Gasteiger partial charge on any atom is -0.126 e. The maximum atomic E-state index is 6.26. The molecule has 1 aromatic carbocycles. The van der Waals surface area contributed by atoms with Gasteiger partial charge in [-0.1, -0.05) is 51.0 Å². The number of alkyl halides is 1. The molecule has 0 fully saturated rings. The number of aryl methyl sites for hydroxylation is 1. The third-order valence-electron chi connectivity index (χ3n) is 3.92. The van der Waals surface area contributed by atoms with Gasteiger partial charge in [0.1, 0.15) is 0 Å². The van der Waals surface area contributed by atoms with Crippen molar-refractivity contribution in [3.05, 3.63) is 35.4 Å². The number of unbranched alkanes of at least 4 members (excludes halogenated alkanes) is 1. The van der Waals surface area contributed by atoms with Gasteiger partial charge >= 0.3 is 0 Å². The second kappa shape index (κ2) is 7.06. The van der Waals surface area contributed by atoms with Gasteiger partial charge in [-0.05, 0) is 42.7 Å². The predicted molar refractivity (Wildman–Crippen MR) is 77.9 cm³/mol. The molecule has 0 aliphatic rings. The maximum Gasteiger partial charge on any atom is 0.0283 e. The van der Waals surface area contributed by atoms with Gasteiger partial charge < -0.3 is 0 Å². The van der Waals surface area contributed by atoms with E-state index in [1.807, 2.05) is 0 Å². The maximum absolute atomic E-state index is 6.26. The quantitative estimate of drug-likeness (QED) is 0.573. The summed E-state index contributed by atoms with van der Waals surface area (Å²) < 4.78 is 0. The van der Waals surface area contributed by atoms with Crippen molar-refractivity contribution in [3.63, 3.8) is 0 Å². The van der Waals surface area contributed by atoms with E-state index in [0.717, 1.165) is 12.3 Å². The van der Waals surface area contributed by atoms with Crippen LogP contribution in [0.1, 0.15) is 50.7 Å². The van der Waals surface area contributed by atoms with Crippen LogP contribution in [0.3, 0.4) is 0 Å². The van der Waals surface area contributed by atoms with Crippen molar-refractivity contribution in [2.24, 2.45) is 5.41 Å². The van der Waals surface area contributed by atoms with E-state index >= 15 is 0 Å². The van der Waals surface area contributed by atoms with E-state index in [1.165, 1.54) is 36.8 Å². The van der Waals surface area contributed by atoms with E-state index in [-0.39, 0.29) is 0 Å². The summed E-state index contributed by atoms with van der Waals surface area (Å²) in [5.41, 5.74) is 3.15. The summed E-state index contributed by atoms with van der Waals surface area (Å²) in [7, 11) is 0. The first-order chi connectivity index (χ1) is 8.17. The van der Waals surface area contributed by atoms with Gasteiger partial charge in [0.2, 0.25) is 0 Å². The highest BCUT2D eigenvalue weighted by Crippen LogP contribution is 2.35.